The standard InChI is InChI=1S/C14H17F2NO4/c1-4-17(14(2,3)12(19)20)11(18)9-5-7-10(8-6-9)21-13(15)16/h5-8,13H,4H2,1-3H3,(H,19,20). The summed E-state index contributed by atoms with van der Waals surface area (Å²) in [6, 6.07) is 5.11. The molecule has 0 unspecified atom stereocenters. The summed E-state index contributed by atoms with van der Waals surface area (Å²) in [5.41, 5.74) is -1.17. The predicted octanol–water partition coefficient (Wildman–Crippen LogP) is 2.61. The quantitative estimate of drug-likeness (QED) is 0.877. The van der Waals surface area contributed by atoms with Crippen LogP contribution in [0.1, 0.15) is 31.1 Å². The maximum Gasteiger partial charge on any atom is 0.387 e. The molecule has 0 radical (unpaired) electrons. The van der Waals surface area contributed by atoms with Crippen LogP contribution in [-0.2, 0) is 4.79 Å². The van der Waals surface area contributed by atoms with E-state index in [0.29, 0.717) is 0 Å². The number of rotatable bonds is 6. The van der Waals surface area contributed by atoms with Crippen molar-refractivity contribution in [2.45, 2.75) is 32.9 Å². The number of carboxylic acid groups (broad SMARTS) is 1. The molecule has 0 fully saturated rings. The Morgan fingerprint density at radius 1 is 1.29 bits per heavy atom. The monoisotopic (exact) mass is 301 g/mol. The number of aliphatic carboxylic acids is 1. The molecule has 7 heteroatoms. The lowest BCUT2D eigenvalue weighted by atomic mass is 10.0. The number of benzene rings is 1. The van der Waals surface area contributed by atoms with E-state index in [0.717, 1.165) is 0 Å². The smallest absolute Gasteiger partial charge is 0.387 e. The number of alkyl halides is 2. The van der Waals surface area contributed by atoms with Crippen LogP contribution in [0.5, 0.6) is 5.75 Å². The molecule has 21 heavy (non-hydrogen) atoms. The third kappa shape index (κ3) is 3.90. The second-order valence-corrected chi connectivity index (χ2v) is 4.82. The molecule has 1 amide bonds. The Morgan fingerprint density at radius 2 is 1.81 bits per heavy atom. The van der Waals surface area contributed by atoms with Gasteiger partial charge in [-0.15, -0.1) is 0 Å². The molecule has 0 atom stereocenters. The number of carboxylic acids is 1. The first kappa shape index (κ1) is 16.9. The van der Waals surface area contributed by atoms with Gasteiger partial charge in [0.1, 0.15) is 11.3 Å². The van der Waals surface area contributed by atoms with Gasteiger partial charge in [-0.05, 0) is 45.0 Å². The summed E-state index contributed by atoms with van der Waals surface area (Å²) in [4.78, 5) is 24.8. The molecule has 0 spiro atoms. The molecule has 0 heterocycles. The maximum absolute atomic E-state index is 12.3. The largest absolute Gasteiger partial charge is 0.480 e. The van der Waals surface area contributed by atoms with E-state index in [4.69, 9.17) is 0 Å². The van der Waals surface area contributed by atoms with Crippen molar-refractivity contribution in [2.24, 2.45) is 0 Å². The van der Waals surface area contributed by atoms with E-state index in [2.05, 4.69) is 4.74 Å². The molecule has 0 aliphatic heterocycles. The van der Waals surface area contributed by atoms with E-state index in [-0.39, 0.29) is 17.9 Å². The van der Waals surface area contributed by atoms with Crippen molar-refractivity contribution in [1.29, 1.82) is 0 Å². The highest BCUT2D eigenvalue weighted by molar-refractivity contribution is 5.97. The Morgan fingerprint density at radius 3 is 2.19 bits per heavy atom. The van der Waals surface area contributed by atoms with Crippen LogP contribution in [0.25, 0.3) is 0 Å². The SMILES string of the molecule is CCN(C(=O)c1ccc(OC(F)F)cc1)C(C)(C)C(=O)O. The van der Waals surface area contributed by atoms with Crippen LogP contribution < -0.4 is 4.74 Å². The Balaban J connectivity index is 2.98. The highest BCUT2D eigenvalue weighted by Crippen LogP contribution is 2.20. The summed E-state index contributed by atoms with van der Waals surface area (Å²) in [6.07, 6.45) is 0. The van der Waals surface area contributed by atoms with Gasteiger partial charge in [0.25, 0.3) is 5.91 Å². The number of hydrogen-bond acceptors (Lipinski definition) is 3. The zero-order valence-electron chi connectivity index (χ0n) is 12.0. The lowest BCUT2D eigenvalue weighted by molar-refractivity contribution is -0.147. The normalized spacial score (nSPS) is 11.3. The molecular formula is C14H17F2NO4. The molecular weight excluding hydrogens is 284 g/mol. The van der Waals surface area contributed by atoms with Crippen LogP contribution in [0.4, 0.5) is 8.78 Å². The Bertz CT molecular complexity index is 514. The number of ether oxygens (including phenoxy) is 1. The lowest BCUT2D eigenvalue weighted by Gasteiger charge is -2.34. The predicted molar refractivity (Wildman–Crippen MR) is 71.5 cm³/mol. The average Bonchev–Trinajstić information content (AvgIpc) is 2.39. The fourth-order valence-corrected chi connectivity index (χ4v) is 1.84. The number of amides is 1. The summed E-state index contributed by atoms with van der Waals surface area (Å²) in [5, 5.41) is 9.18. The molecule has 0 bridgehead atoms. The highest BCUT2D eigenvalue weighted by atomic mass is 19.3. The van der Waals surface area contributed by atoms with Gasteiger partial charge in [-0.3, -0.25) is 4.79 Å². The topological polar surface area (TPSA) is 66.8 Å². The zero-order chi connectivity index (χ0) is 16.2. The fourth-order valence-electron chi connectivity index (χ4n) is 1.84. The summed E-state index contributed by atoms with van der Waals surface area (Å²) >= 11 is 0. The van der Waals surface area contributed by atoms with Gasteiger partial charge in [0.15, 0.2) is 0 Å². The summed E-state index contributed by atoms with van der Waals surface area (Å²) in [6.45, 7) is 1.77. The number of hydrogen-bond donors (Lipinski definition) is 1. The van der Waals surface area contributed by atoms with Crippen LogP contribution in [0.3, 0.4) is 0 Å². The van der Waals surface area contributed by atoms with Gasteiger partial charge in [0.05, 0.1) is 0 Å². The van der Waals surface area contributed by atoms with E-state index in [1.807, 2.05) is 0 Å². The summed E-state index contributed by atoms with van der Waals surface area (Å²) in [5.74, 6) is -1.69. The molecule has 1 aromatic rings. The summed E-state index contributed by atoms with van der Waals surface area (Å²) in [7, 11) is 0. The van der Waals surface area contributed by atoms with Crippen molar-refractivity contribution in [3.63, 3.8) is 0 Å². The van der Waals surface area contributed by atoms with Crippen molar-refractivity contribution in [3.8, 4) is 5.75 Å². The van der Waals surface area contributed by atoms with Gasteiger partial charge >= 0.3 is 12.6 Å². The molecule has 116 valence electrons. The Kier molecular flexibility index (Phi) is 5.23. The third-order valence-electron chi connectivity index (χ3n) is 3.09. The molecule has 0 saturated heterocycles. The summed E-state index contributed by atoms with van der Waals surface area (Å²) < 4.78 is 28.3. The number of carbonyl (C=O) groups is 2. The van der Waals surface area contributed by atoms with Gasteiger partial charge in [0, 0.05) is 12.1 Å². The molecule has 1 aromatic carbocycles. The molecule has 0 aromatic heterocycles. The molecule has 0 aliphatic carbocycles. The van der Waals surface area contributed by atoms with Gasteiger partial charge in [-0.2, -0.15) is 8.78 Å². The van der Waals surface area contributed by atoms with Gasteiger partial charge < -0.3 is 14.7 Å². The average molecular weight is 301 g/mol. The van der Waals surface area contributed by atoms with Gasteiger partial charge in [0.2, 0.25) is 0 Å². The van der Waals surface area contributed by atoms with Crippen molar-refractivity contribution in [1.82, 2.24) is 4.90 Å². The fraction of sp³-hybridized carbons (Fsp3) is 0.429. The lowest BCUT2D eigenvalue weighted by Crippen LogP contribution is -2.52. The molecule has 1 rings (SSSR count). The molecule has 0 saturated carbocycles. The van der Waals surface area contributed by atoms with Crippen LogP contribution in [-0.4, -0.2) is 40.6 Å². The van der Waals surface area contributed by atoms with Crippen molar-refractivity contribution in [2.75, 3.05) is 6.54 Å². The maximum atomic E-state index is 12.3. The van der Waals surface area contributed by atoms with Crippen LogP contribution in [0.15, 0.2) is 24.3 Å². The first-order valence-corrected chi connectivity index (χ1v) is 6.30. The highest BCUT2D eigenvalue weighted by Gasteiger charge is 2.37. The van der Waals surface area contributed by atoms with Crippen LogP contribution in [0, 0.1) is 0 Å². The molecule has 0 aliphatic rings. The number of nitrogens with zero attached hydrogens (tertiary/aromatic N) is 1. The minimum absolute atomic E-state index is 0.0675. The van der Waals surface area contributed by atoms with Crippen LogP contribution >= 0.6 is 0 Å². The number of carbonyl (C=O) groups excluding carboxylic acids is 1. The van der Waals surface area contributed by atoms with E-state index >= 15 is 0 Å². The minimum atomic E-state index is -2.94. The molecule has 5 nitrogen and oxygen atoms in total. The second kappa shape index (κ2) is 6.51. The van der Waals surface area contributed by atoms with E-state index in [1.165, 1.54) is 43.0 Å². The first-order chi connectivity index (χ1) is 9.70. The van der Waals surface area contributed by atoms with E-state index < -0.39 is 24.0 Å². The van der Waals surface area contributed by atoms with Crippen molar-refractivity contribution in [3.05, 3.63) is 29.8 Å². The van der Waals surface area contributed by atoms with Crippen molar-refractivity contribution < 1.29 is 28.2 Å². The van der Waals surface area contributed by atoms with Gasteiger partial charge in [-0.25, -0.2) is 4.79 Å². The Hall–Kier alpha value is -2.18. The van der Waals surface area contributed by atoms with Crippen molar-refractivity contribution >= 4 is 11.9 Å². The second-order valence-electron chi connectivity index (χ2n) is 4.82. The third-order valence-corrected chi connectivity index (χ3v) is 3.09. The molecule has 1 N–H and O–H groups in total. The minimum Gasteiger partial charge on any atom is -0.480 e. The van der Waals surface area contributed by atoms with Crippen LogP contribution in [0.2, 0.25) is 0 Å². The van der Waals surface area contributed by atoms with E-state index in [1.54, 1.807) is 6.92 Å². The van der Waals surface area contributed by atoms with Gasteiger partial charge in [-0.1, -0.05) is 0 Å². The van der Waals surface area contributed by atoms with E-state index in [9.17, 15) is 23.5 Å². The number of likely N-dealkylation sites (N-methyl/N-ethyl adjacent to an activating group) is 1. The first-order valence-electron chi connectivity index (χ1n) is 6.30. The Labute approximate surface area is 121 Å². The zero-order valence-corrected chi connectivity index (χ0v) is 12.0. The number of halogens is 2.